The Bertz CT molecular complexity index is 1120. The lowest BCUT2D eigenvalue weighted by atomic mass is 9.94. The molecule has 3 aromatic rings. The lowest BCUT2D eigenvalue weighted by Gasteiger charge is -2.26. The number of fused-ring (bicyclic) bond motifs is 1. The minimum atomic E-state index is -3.81. The molecule has 0 saturated heterocycles. The molecule has 0 atom stereocenters. The van der Waals surface area contributed by atoms with Gasteiger partial charge in [-0.05, 0) is 37.8 Å². The summed E-state index contributed by atoms with van der Waals surface area (Å²) in [5.41, 5.74) is 7.66. The number of aliphatic hydroxyl groups excluding tert-OH is 1. The number of anilines is 1. The van der Waals surface area contributed by atoms with Crippen molar-refractivity contribution in [1.82, 2.24) is 19.1 Å². The average molecular weight is 422 g/mol. The lowest BCUT2D eigenvalue weighted by molar-refractivity contribution is 0.120. The molecule has 2 heterocycles. The van der Waals surface area contributed by atoms with Crippen LogP contribution in [0, 0.1) is 0 Å². The molecule has 10 heteroatoms. The molecule has 0 aliphatic heterocycles. The van der Waals surface area contributed by atoms with E-state index in [0.29, 0.717) is 42.6 Å². The summed E-state index contributed by atoms with van der Waals surface area (Å²) in [6, 6.07) is 4.61. The molecule has 0 spiro atoms. The second-order valence-corrected chi connectivity index (χ2v) is 9.01. The molecule has 0 amide bonds. The van der Waals surface area contributed by atoms with E-state index in [0.717, 1.165) is 0 Å². The normalized spacial score (nSPS) is 20.5. The predicted octanol–water partition coefficient (Wildman–Crippen LogP) is 2.21. The van der Waals surface area contributed by atoms with Crippen molar-refractivity contribution in [2.24, 2.45) is 0 Å². The van der Waals surface area contributed by atoms with Gasteiger partial charge in [-0.15, -0.1) is 0 Å². The minimum Gasteiger partial charge on any atom is -0.393 e. The number of halogens is 1. The highest BCUT2D eigenvalue weighted by Crippen LogP contribution is 2.30. The van der Waals surface area contributed by atoms with E-state index < -0.39 is 10.0 Å². The van der Waals surface area contributed by atoms with Gasteiger partial charge in [0.25, 0.3) is 0 Å². The number of rotatable bonds is 4. The predicted molar refractivity (Wildman–Crippen MR) is 106 cm³/mol. The van der Waals surface area contributed by atoms with Gasteiger partial charge in [-0.25, -0.2) is 23.1 Å². The van der Waals surface area contributed by atoms with Crippen molar-refractivity contribution in [2.45, 2.75) is 42.7 Å². The van der Waals surface area contributed by atoms with Crippen LogP contribution < -0.4 is 10.5 Å². The number of benzene rings is 1. The topological polar surface area (TPSA) is 123 Å². The number of nitrogens with one attached hydrogen (secondary N) is 1. The Hall–Kier alpha value is -2.20. The number of aliphatic hydroxyl groups is 1. The largest absolute Gasteiger partial charge is 0.393 e. The second kappa shape index (κ2) is 7.32. The number of nitrogen functional groups attached to an aromatic ring is 1. The van der Waals surface area contributed by atoms with Crippen LogP contribution in [0.3, 0.4) is 0 Å². The first-order valence-electron chi connectivity index (χ1n) is 8.93. The monoisotopic (exact) mass is 421 g/mol. The van der Waals surface area contributed by atoms with E-state index in [-0.39, 0.29) is 27.9 Å². The zero-order chi connectivity index (χ0) is 19.9. The summed E-state index contributed by atoms with van der Waals surface area (Å²) in [4.78, 5) is 8.28. The highest BCUT2D eigenvalue weighted by molar-refractivity contribution is 7.89. The molecule has 1 fully saturated rings. The van der Waals surface area contributed by atoms with E-state index in [2.05, 4.69) is 14.7 Å². The third kappa shape index (κ3) is 3.58. The van der Waals surface area contributed by atoms with Gasteiger partial charge >= 0.3 is 0 Å². The van der Waals surface area contributed by atoms with Crippen LogP contribution in [0.4, 0.5) is 5.82 Å². The van der Waals surface area contributed by atoms with Crippen molar-refractivity contribution in [3.63, 3.8) is 0 Å². The van der Waals surface area contributed by atoms with Crippen LogP contribution in [-0.2, 0) is 10.0 Å². The van der Waals surface area contributed by atoms with Gasteiger partial charge in [0.05, 0.1) is 23.0 Å². The zero-order valence-electron chi connectivity index (χ0n) is 14.9. The van der Waals surface area contributed by atoms with Crippen LogP contribution in [0.15, 0.2) is 41.7 Å². The number of imidazole rings is 1. The number of aromatic nitrogens is 3. The van der Waals surface area contributed by atoms with E-state index in [1.54, 1.807) is 35.1 Å². The molecule has 1 aliphatic carbocycles. The molecule has 2 aromatic heterocycles. The summed E-state index contributed by atoms with van der Waals surface area (Å²) >= 11 is 6.21. The van der Waals surface area contributed by atoms with Gasteiger partial charge in [0.15, 0.2) is 11.5 Å². The molecule has 8 nitrogen and oxygen atoms in total. The maximum atomic E-state index is 12.9. The van der Waals surface area contributed by atoms with Crippen molar-refractivity contribution in [1.29, 1.82) is 0 Å². The van der Waals surface area contributed by atoms with Gasteiger partial charge in [-0.2, -0.15) is 0 Å². The maximum Gasteiger partial charge on any atom is 0.242 e. The average Bonchev–Trinajstić information content (AvgIpc) is 3.09. The van der Waals surface area contributed by atoms with E-state index >= 15 is 0 Å². The number of nitrogens with zero attached hydrogens (tertiary/aromatic N) is 3. The highest BCUT2D eigenvalue weighted by Gasteiger charge is 2.26. The summed E-state index contributed by atoms with van der Waals surface area (Å²) in [5.74, 6) is 0.289. The number of hydrogen-bond acceptors (Lipinski definition) is 6. The molecule has 4 rings (SSSR count). The molecular formula is C18H20ClN5O3S. The fraction of sp³-hybridized carbons (Fsp3) is 0.333. The van der Waals surface area contributed by atoms with Gasteiger partial charge in [-0.3, -0.25) is 4.40 Å². The fourth-order valence-corrected chi connectivity index (χ4v) is 5.33. The molecule has 0 bridgehead atoms. The Labute approximate surface area is 167 Å². The number of nitrogens with two attached hydrogens (primary N) is 1. The first kappa shape index (κ1) is 19.1. The van der Waals surface area contributed by atoms with Crippen molar-refractivity contribution < 1.29 is 13.5 Å². The summed E-state index contributed by atoms with van der Waals surface area (Å²) in [7, 11) is -3.81. The molecule has 148 valence electrons. The molecule has 1 aromatic carbocycles. The van der Waals surface area contributed by atoms with Crippen LogP contribution in [-0.4, -0.2) is 40.0 Å². The van der Waals surface area contributed by atoms with Crippen LogP contribution in [0.5, 0.6) is 0 Å². The van der Waals surface area contributed by atoms with Gasteiger partial charge in [0.2, 0.25) is 10.0 Å². The smallest absolute Gasteiger partial charge is 0.242 e. The van der Waals surface area contributed by atoms with Gasteiger partial charge in [0.1, 0.15) is 4.90 Å². The van der Waals surface area contributed by atoms with Gasteiger partial charge in [-0.1, -0.05) is 17.7 Å². The number of hydrogen-bond donors (Lipinski definition) is 3. The van der Waals surface area contributed by atoms with E-state index in [4.69, 9.17) is 17.3 Å². The Kier molecular flexibility index (Phi) is 5.00. The Morgan fingerprint density at radius 1 is 1.21 bits per heavy atom. The van der Waals surface area contributed by atoms with Crippen molar-refractivity contribution in [2.75, 3.05) is 5.73 Å². The van der Waals surface area contributed by atoms with Gasteiger partial charge in [0, 0.05) is 24.0 Å². The molecule has 1 aliphatic rings. The summed E-state index contributed by atoms with van der Waals surface area (Å²) in [5, 5.41) is 9.76. The maximum absolute atomic E-state index is 12.9. The van der Waals surface area contributed by atoms with Crippen LogP contribution in [0.2, 0.25) is 5.02 Å². The van der Waals surface area contributed by atoms with Crippen molar-refractivity contribution in [3.8, 4) is 11.3 Å². The molecule has 1 saturated carbocycles. The van der Waals surface area contributed by atoms with E-state index in [1.807, 2.05) is 0 Å². The second-order valence-electron chi connectivity index (χ2n) is 6.92. The van der Waals surface area contributed by atoms with Crippen LogP contribution >= 0.6 is 11.6 Å². The molecule has 0 unspecified atom stereocenters. The third-order valence-corrected chi connectivity index (χ3v) is 6.99. The summed E-state index contributed by atoms with van der Waals surface area (Å²) in [6.45, 7) is 0. The first-order chi connectivity index (χ1) is 13.3. The minimum absolute atomic E-state index is 0.00904. The standard InChI is InChI=1S/C18H20ClN5O3S/c19-14-6-1-11(15-10-22-18-17(20)21-7-8-24(15)18)9-16(14)28(26,27)23-12-2-4-13(25)5-3-12/h1,6-10,12-13,23,25H,2-5H2,(H2,20,21). The van der Waals surface area contributed by atoms with Gasteiger partial charge < -0.3 is 10.8 Å². The zero-order valence-corrected chi connectivity index (χ0v) is 16.5. The lowest BCUT2D eigenvalue weighted by Crippen LogP contribution is -2.38. The van der Waals surface area contributed by atoms with Crippen LogP contribution in [0.25, 0.3) is 16.9 Å². The van der Waals surface area contributed by atoms with E-state index in [9.17, 15) is 13.5 Å². The molecule has 0 radical (unpaired) electrons. The fourth-order valence-electron chi connectivity index (χ4n) is 3.50. The highest BCUT2D eigenvalue weighted by atomic mass is 35.5. The van der Waals surface area contributed by atoms with Crippen LogP contribution in [0.1, 0.15) is 25.7 Å². The Morgan fingerprint density at radius 3 is 2.71 bits per heavy atom. The van der Waals surface area contributed by atoms with Crippen molar-refractivity contribution in [3.05, 3.63) is 41.8 Å². The Morgan fingerprint density at radius 2 is 1.96 bits per heavy atom. The summed E-state index contributed by atoms with van der Waals surface area (Å²) < 4.78 is 30.3. The van der Waals surface area contributed by atoms with Crippen molar-refractivity contribution >= 4 is 33.1 Å². The Balaban J connectivity index is 1.69. The molecule has 28 heavy (non-hydrogen) atoms. The SMILES string of the molecule is Nc1nccn2c(-c3ccc(Cl)c(S(=O)(=O)NC4CCC(O)CC4)c3)cnc12. The molecular weight excluding hydrogens is 402 g/mol. The number of sulfonamides is 1. The van der Waals surface area contributed by atoms with E-state index in [1.165, 1.54) is 6.07 Å². The summed E-state index contributed by atoms with van der Waals surface area (Å²) in [6.07, 6.45) is 6.88. The quantitative estimate of drug-likeness (QED) is 0.593. The first-order valence-corrected chi connectivity index (χ1v) is 10.8. The molecule has 4 N–H and O–H groups in total. The third-order valence-electron chi connectivity index (χ3n) is 4.99.